The van der Waals surface area contributed by atoms with Gasteiger partial charge in [-0.05, 0) is 41.4 Å². The maximum absolute atomic E-state index is 5.87. The van der Waals surface area contributed by atoms with E-state index in [0.717, 1.165) is 27.9 Å². The Kier molecular flexibility index (Phi) is 5.20. The zero-order chi connectivity index (χ0) is 14.5. The lowest BCUT2D eigenvalue weighted by Gasteiger charge is -2.11. The molecule has 0 aliphatic heterocycles. The maximum atomic E-state index is 5.87. The van der Waals surface area contributed by atoms with Crippen LogP contribution in [-0.4, -0.2) is 9.78 Å². The molecule has 0 aliphatic carbocycles. The minimum Gasteiger partial charge on any atom is -0.486 e. The Morgan fingerprint density at radius 1 is 1.40 bits per heavy atom. The molecule has 20 heavy (non-hydrogen) atoms. The number of hydrogen-bond acceptors (Lipinski definition) is 3. The first-order chi connectivity index (χ1) is 9.65. The highest BCUT2D eigenvalue weighted by Crippen LogP contribution is 2.29. The van der Waals surface area contributed by atoms with Gasteiger partial charge in [-0.25, -0.2) is 0 Å². The first kappa shape index (κ1) is 15.1. The third-order valence-corrected chi connectivity index (χ3v) is 3.96. The van der Waals surface area contributed by atoms with Gasteiger partial charge in [0, 0.05) is 24.3 Å². The number of aromatic nitrogens is 2. The van der Waals surface area contributed by atoms with Crippen LogP contribution < -0.4 is 10.5 Å². The SMILES string of the molecule is CCC(C)n1ccc(COc2c(Br)cccc2CN)n1. The summed E-state index contributed by atoms with van der Waals surface area (Å²) in [5.41, 5.74) is 7.64. The van der Waals surface area contributed by atoms with Gasteiger partial charge in [-0.1, -0.05) is 19.1 Å². The van der Waals surface area contributed by atoms with Crippen LogP contribution in [0.1, 0.15) is 37.6 Å². The molecule has 2 N–H and O–H groups in total. The van der Waals surface area contributed by atoms with E-state index < -0.39 is 0 Å². The Hall–Kier alpha value is -1.33. The van der Waals surface area contributed by atoms with Crippen LogP contribution in [0.4, 0.5) is 0 Å². The summed E-state index contributed by atoms with van der Waals surface area (Å²) in [5, 5.41) is 4.53. The highest BCUT2D eigenvalue weighted by molar-refractivity contribution is 9.10. The van der Waals surface area contributed by atoms with Crippen LogP contribution in [0.25, 0.3) is 0 Å². The van der Waals surface area contributed by atoms with Gasteiger partial charge in [0.25, 0.3) is 0 Å². The van der Waals surface area contributed by atoms with Gasteiger partial charge in [0.15, 0.2) is 0 Å². The Morgan fingerprint density at radius 2 is 2.20 bits per heavy atom. The number of benzene rings is 1. The highest BCUT2D eigenvalue weighted by Gasteiger charge is 2.09. The van der Waals surface area contributed by atoms with Crippen molar-refractivity contribution >= 4 is 15.9 Å². The predicted molar refractivity (Wildman–Crippen MR) is 83.6 cm³/mol. The standard InChI is InChI=1S/C15H20BrN3O/c1-3-11(2)19-8-7-13(18-19)10-20-15-12(9-17)5-4-6-14(15)16/h4-8,11H,3,9-10,17H2,1-2H3. The molecule has 1 unspecified atom stereocenters. The summed E-state index contributed by atoms with van der Waals surface area (Å²) in [4.78, 5) is 0. The molecule has 0 radical (unpaired) electrons. The van der Waals surface area contributed by atoms with E-state index in [1.165, 1.54) is 0 Å². The maximum Gasteiger partial charge on any atom is 0.138 e. The van der Waals surface area contributed by atoms with Crippen molar-refractivity contribution in [1.29, 1.82) is 0 Å². The monoisotopic (exact) mass is 337 g/mol. The molecule has 0 amide bonds. The van der Waals surface area contributed by atoms with Gasteiger partial charge in [0.2, 0.25) is 0 Å². The second-order valence-electron chi connectivity index (χ2n) is 4.77. The average molecular weight is 338 g/mol. The van der Waals surface area contributed by atoms with Crippen molar-refractivity contribution in [3.63, 3.8) is 0 Å². The summed E-state index contributed by atoms with van der Waals surface area (Å²) in [6.07, 6.45) is 3.06. The predicted octanol–water partition coefficient (Wildman–Crippen LogP) is 3.65. The quantitative estimate of drug-likeness (QED) is 0.875. The third-order valence-electron chi connectivity index (χ3n) is 3.34. The zero-order valence-electron chi connectivity index (χ0n) is 11.8. The molecule has 1 heterocycles. The first-order valence-corrected chi connectivity index (χ1v) is 7.59. The van der Waals surface area contributed by atoms with E-state index in [0.29, 0.717) is 19.2 Å². The van der Waals surface area contributed by atoms with E-state index in [-0.39, 0.29) is 0 Å². The van der Waals surface area contributed by atoms with E-state index in [1.54, 1.807) is 0 Å². The molecular weight excluding hydrogens is 318 g/mol. The van der Waals surface area contributed by atoms with Gasteiger partial charge in [-0.2, -0.15) is 5.10 Å². The van der Waals surface area contributed by atoms with Crippen LogP contribution in [0, 0.1) is 0 Å². The number of ether oxygens (including phenoxy) is 1. The second kappa shape index (κ2) is 6.90. The molecule has 4 nitrogen and oxygen atoms in total. The first-order valence-electron chi connectivity index (χ1n) is 6.80. The summed E-state index contributed by atoms with van der Waals surface area (Å²) >= 11 is 3.49. The van der Waals surface area contributed by atoms with Crippen LogP contribution in [0.15, 0.2) is 34.9 Å². The zero-order valence-corrected chi connectivity index (χ0v) is 13.4. The van der Waals surface area contributed by atoms with E-state index in [4.69, 9.17) is 10.5 Å². The second-order valence-corrected chi connectivity index (χ2v) is 5.62. The molecule has 0 spiro atoms. The van der Waals surface area contributed by atoms with Crippen molar-refractivity contribution in [1.82, 2.24) is 9.78 Å². The Morgan fingerprint density at radius 3 is 2.90 bits per heavy atom. The fourth-order valence-electron chi connectivity index (χ4n) is 1.91. The lowest BCUT2D eigenvalue weighted by Crippen LogP contribution is -2.07. The topological polar surface area (TPSA) is 53.1 Å². The van der Waals surface area contributed by atoms with Crippen molar-refractivity contribution in [2.75, 3.05) is 0 Å². The highest BCUT2D eigenvalue weighted by atomic mass is 79.9. The van der Waals surface area contributed by atoms with E-state index in [9.17, 15) is 0 Å². The molecule has 5 heteroatoms. The summed E-state index contributed by atoms with van der Waals surface area (Å²) in [7, 11) is 0. The third kappa shape index (κ3) is 3.41. The number of nitrogens with two attached hydrogens (primary N) is 1. The smallest absolute Gasteiger partial charge is 0.138 e. The molecule has 2 aromatic rings. The fraction of sp³-hybridized carbons (Fsp3) is 0.400. The van der Waals surface area contributed by atoms with Crippen LogP contribution >= 0.6 is 15.9 Å². The lowest BCUT2D eigenvalue weighted by atomic mass is 10.2. The van der Waals surface area contributed by atoms with Crippen molar-refractivity contribution in [3.8, 4) is 5.75 Å². The molecule has 108 valence electrons. The van der Waals surface area contributed by atoms with Gasteiger partial charge in [-0.15, -0.1) is 0 Å². The number of rotatable bonds is 6. The number of para-hydroxylation sites is 1. The Labute approximate surface area is 128 Å². The molecule has 1 atom stereocenters. The van der Waals surface area contributed by atoms with Crippen molar-refractivity contribution in [2.45, 2.75) is 39.5 Å². The molecule has 0 fully saturated rings. The molecule has 2 rings (SSSR count). The Bertz CT molecular complexity index is 568. The summed E-state index contributed by atoms with van der Waals surface area (Å²) in [6, 6.07) is 8.28. The molecule has 1 aromatic heterocycles. The molecule has 0 saturated heterocycles. The van der Waals surface area contributed by atoms with Crippen molar-refractivity contribution in [2.24, 2.45) is 5.73 Å². The minimum atomic E-state index is 0.409. The van der Waals surface area contributed by atoms with E-state index in [2.05, 4.69) is 34.9 Å². The summed E-state index contributed by atoms with van der Waals surface area (Å²) < 4.78 is 8.76. The van der Waals surface area contributed by atoms with Gasteiger partial charge in [-0.3, -0.25) is 4.68 Å². The molecule has 0 saturated carbocycles. The van der Waals surface area contributed by atoms with Crippen LogP contribution in [0.2, 0.25) is 0 Å². The number of hydrogen-bond donors (Lipinski definition) is 1. The van der Waals surface area contributed by atoms with Crippen molar-refractivity contribution < 1.29 is 4.74 Å². The molecular formula is C15H20BrN3O. The van der Waals surface area contributed by atoms with Crippen LogP contribution in [0.5, 0.6) is 5.75 Å². The van der Waals surface area contributed by atoms with Gasteiger partial charge in [0.1, 0.15) is 12.4 Å². The van der Waals surface area contributed by atoms with Gasteiger partial charge in [0.05, 0.1) is 10.2 Å². The summed E-state index contributed by atoms with van der Waals surface area (Å²) in [5.74, 6) is 0.799. The van der Waals surface area contributed by atoms with Crippen LogP contribution in [0.3, 0.4) is 0 Å². The number of halogens is 1. The molecule has 1 aromatic carbocycles. The van der Waals surface area contributed by atoms with Crippen LogP contribution in [-0.2, 0) is 13.2 Å². The normalized spacial score (nSPS) is 12.4. The fourth-order valence-corrected chi connectivity index (χ4v) is 2.43. The molecule has 0 aliphatic rings. The van der Waals surface area contributed by atoms with E-state index in [1.807, 2.05) is 35.1 Å². The average Bonchev–Trinajstić information content (AvgIpc) is 2.93. The van der Waals surface area contributed by atoms with Gasteiger partial charge >= 0.3 is 0 Å². The van der Waals surface area contributed by atoms with Crippen molar-refractivity contribution in [3.05, 3.63) is 46.2 Å². The number of nitrogens with zero attached hydrogens (tertiary/aromatic N) is 2. The minimum absolute atomic E-state index is 0.409. The Balaban J connectivity index is 2.07. The summed E-state index contributed by atoms with van der Waals surface area (Å²) in [6.45, 7) is 5.20. The van der Waals surface area contributed by atoms with E-state index >= 15 is 0 Å². The lowest BCUT2D eigenvalue weighted by molar-refractivity contribution is 0.293. The van der Waals surface area contributed by atoms with Gasteiger partial charge < -0.3 is 10.5 Å². The largest absolute Gasteiger partial charge is 0.486 e. The molecule has 0 bridgehead atoms.